The van der Waals surface area contributed by atoms with Crippen molar-refractivity contribution < 1.29 is 9.32 Å². The van der Waals surface area contributed by atoms with E-state index < -0.39 is 0 Å². The summed E-state index contributed by atoms with van der Waals surface area (Å²) in [5, 5.41) is 10.3. The molecular weight excluding hydrogens is 300 g/mol. The molecule has 0 fully saturated rings. The van der Waals surface area contributed by atoms with E-state index in [1.807, 2.05) is 30.6 Å². The Balaban J connectivity index is 1.60. The number of nitrogens with zero attached hydrogens (tertiary/aromatic N) is 4. The van der Waals surface area contributed by atoms with Gasteiger partial charge in [-0.15, -0.1) is 11.3 Å². The number of hydrogen-bond acceptors (Lipinski definition) is 5. The first-order valence-corrected chi connectivity index (χ1v) is 7.89. The highest BCUT2D eigenvalue weighted by Crippen LogP contribution is 2.26. The summed E-state index contributed by atoms with van der Waals surface area (Å²) in [6, 6.07) is 5.88. The van der Waals surface area contributed by atoms with Gasteiger partial charge in [-0.05, 0) is 17.5 Å². The summed E-state index contributed by atoms with van der Waals surface area (Å²) < 4.78 is 6.72. The Bertz CT molecular complexity index is 819. The summed E-state index contributed by atoms with van der Waals surface area (Å²) in [6.45, 7) is 1.17. The fraction of sp³-hybridized carbons (Fsp3) is 0.267. The molecule has 1 aliphatic rings. The minimum atomic E-state index is -0.0507. The molecule has 3 aromatic rings. The van der Waals surface area contributed by atoms with Gasteiger partial charge in [0.2, 0.25) is 0 Å². The standard InChI is InChI=1S/C15H14N4O2S/c1-18-13(14-3-2-6-22-14)7-12(16-18)15(20)19-5-4-11-10(8-19)9-21-17-11/h2-3,6-7,9H,4-5,8H2,1H3. The Morgan fingerprint density at radius 1 is 1.45 bits per heavy atom. The Morgan fingerprint density at radius 3 is 3.18 bits per heavy atom. The van der Waals surface area contributed by atoms with Crippen LogP contribution in [0.2, 0.25) is 0 Å². The first-order valence-electron chi connectivity index (χ1n) is 7.01. The minimum absolute atomic E-state index is 0.0507. The average molecular weight is 314 g/mol. The van der Waals surface area contributed by atoms with Gasteiger partial charge in [-0.2, -0.15) is 5.10 Å². The van der Waals surface area contributed by atoms with Crippen molar-refractivity contribution in [3.8, 4) is 10.6 Å². The lowest BCUT2D eigenvalue weighted by molar-refractivity contribution is 0.0727. The molecule has 112 valence electrons. The quantitative estimate of drug-likeness (QED) is 0.728. The molecular formula is C15H14N4O2S. The number of amides is 1. The molecule has 1 aliphatic heterocycles. The SMILES string of the molecule is Cn1nc(C(=O)N2CCc3nocc3C2)cc1-c1cccs1. The number of carbonyl (C=O) groups excluding carboxylic acids is 1. The van der Waals surface area contributed by atoms with Crippen LogP contribution in [-0.2, 0) is 20.0 Å². The number of aromatic nitrogens is 3. The highest BCUT2D eigenvalue weighted by Gasteiger charge is 2.26. The molecule has 0 unspecified atom stereocenters. The molecule has 4 rings (SSSR count). The Morgan fingerprint density at radius 2 is 2.36 bits per heavy atom. The average Bonchev–Trinajstić information content (AvgIpc) is 3.25. The maximum Gasteiger partial charge on any atom is 0.274 e. The Labute approximate surface area is 130 Å². The molecule has 7 heteroatoms. The highest BCUT2D eigenvalue weighted by molar-refractivity contribution is 7.13. The van der Waals surface area contributed by atoms with Gasteiger partial charge in [0.05, 0.1) is 22.8 Å². The molecule has 1 amide bonds. The van der Waals surface area contributed by atoms with Gasteiger partial charge < -0.3 is 9.42 Å². The summed E-state index contributed by atoms with van der Waals surface area (Å²) in [6.07, 6.45) is 2.34. The smallest absolute Gasteiger partial charge is 0.274 e. The summed E-state index contributed by atoms with van der Waals surface area (Å²) in [4.78, 5) is 15.6. The molecule has 0 aromatic carbocycles. The molecule has 22 heavy (non-hydrogen) atoms. The molecule has 3 aromatic heterocycles. The number of thiophene rings is 1. The fourth-order valence-electron chi connectivity index (χ4n) is 2.70. The molecule has 0 bridgehead atoms. The molecule has 0 spiro atoms. The topological polar surface area (TPSA) is 64.2 Å². The van der Waals surface area contributed by atoms with Crippen LogP contribution in [0, 0.1) is 0 Å². The number of fused-ring (bicyclic) bond motifs is 1. The highest BCUT2D eigenvalue weighted by atomic mass is 32.1. The number of carbonyl (C=O) groups is 1. The van der Waals surface area contributed by atoms with Gasteiger partial charge in [0.1, 0.15) is 6.26 Å². The van der Waals surface area contributed by atoms with Crippen molar-refractivity contribution in [1.82, 2.24) is 19.8 Å². The van der Waals surface area contributed by atoms with E-state index in [0.29, 0.717) is 18.8 Å². The minimum Gasteiger partial charge on any atom is -0.364 e. The van der Waals surface area contributed by atoms with E-state index in [1.165, 1.54) is 0 Å². The maximum absolute atomic E-state index is 12.7. The van der Waals surface area contributed by atoms with Crippen LogP contribution in [0.1, 0.15) is 21.7 Å². The zero-order chi connectivity index (χ0) is 15.1. The third-order valence-electron chi connectivity index (χ3n) is 3.87. The van der Waals surface area contributed by atoms with Gasteiger partial charge in [0, 0.05) is 25.6 Å². The zero-order valence-electron chi connectivity index (χ0n) is 12.0. The Hall–Kier alpha value is -2.41. The van der Waals surface area contributed by atoms with Crippen molar-refractivity contribution in [3.63, 3.8) is 0 Å². The van der Waals surface area contributed by atoms with Gasteiger partial charge in [0.25, 0.3) is 5.91 Å². The van der Waals surface area contributed by atoms with Crippen LogP contribution in [0.15, 0.2) is 34.4 Å². The van der Waals surface area contributed by atoms with Crippen molar-refractivity contribution in [3.05, 3.63) is 46.8 Å². The zero-order valence-corrected chi connectivity index (χ0v) is 12.8. The van der Waals surface area contributed by atoms with Gasteiger partial charge in [-0.25, -0.2) is 0 Å². The van der Waals surface area contributed by atoms with E-state index >= 15 is 0 Å². The van der Waals surface area contributed by atoms with Crippen molar-refractivity contribution in [1.29, 1.82) is 0 Å². The first-order chi connectivity index (χ1) is 10.7. The van der Waals surface area contributed by atoms with Gasteiger partial charge in [0.15, 0.2) is 5.69 Å². The van der Waals surface area contributed by atoms with Crippen LogP contribution < -0.4 is 0 Å². The van der Waals surface area contributed by atoms with E-state index in [0.717, 1.165) is 28.2 Å². The Kier molecular flexibility index (Phi) is 3.07. The summed E-state index contributed by atoms with van der Waals surface area (Å²) >= 11 is 1.64. The van der Waals surface area contributed by atoms with Crippen LogP contribution in [0.4, 0.5) is 0 Å². The fourth-order valence-corrected chi connectivity index (χ4v) is 3.48. The second-order valence-electron chi connectivity index (χ2n) is 5.28. The first kappa shape index (κ1) is 13.3. The summed E-state index contributed by atoms with van der Waals surface area (Å²) in [5.41, 5.74) is 3.37. The lowest BCUT2D eigenvalue weighted by Crippen LogP contribution is -2.36. The molecule has 0 saturated carbocycles. The second-order valence-corrected chi connectivity index (χ2v) is 6.23. The van der Waals surface area contributed by atoms with Crippen LogP contribution in [0.25, 0.3) is 10.6 Å². The second kappa shape index (κ2) is 5.10. The molecule has 0 radical (unpaired) electrons. The van der Waals surface area contributed by atoms with E-state index in [9.17, 15) is 4.79 Å². The van der Waals surface area contributed by atoms with Crippen molar-refractivity contribution >= 4 is 17.2 Å². The number of rotatable bonds is 2. The van der Waals surface area contributed by atoms with E-state index in [2.05, 4.69) is 10.3 Å². The summed E-state index contributed by atoms with van der Waals surface area (Å²) in [7, 11) is 1.86. The van der Waals surface area contributed by atoms with Crippen LogP contribution in [0.3, 0.4) is 0 Å². The number of hydrogen-bond donors (Lipinski definition) is 0. The predicted octanol–water partition coefficient (Wildman–Crippen LogP) is 2.34. The van der Waals surface area contributed by atoms with Gasteiger partial charge >= 0.3 is 0 Å². The normalized spacial score (nSPS) is 14.1. The van der Waals surface area contributed by atoms with E-state index in [-0.39, 0.29) is 5.91 Å². The molecule has 0 N–H and O–H groups in total. The third kappa shape index (κ3) is 2.14. The molecule has 4 heterocycles. The van der Waals surface area contributed by atoms with Crippen molar-refractivity contribution in [2.45, 2.75) is 13.0 Å². The van der Waals surface area contributed by atoms with Gasteiger partial charge in [-0.1, -0.05) is 11.2 Å². The van der Waals surface area contributed by atoms with Crippen LogP contribution in [0.5, 0.6) is 0 Å². The van der Waals surface area contributed by atoms with Gasteiger partial charge in [-0.3, -0.25) is 9.48 Å². The lowest BCUT2D eigenvalue weighted by Gasteiger charge is -2.24. The molecule has 0 aliphatic carbocycles. The van der Waals surface area contributed by atoms with Crippen molar-refractivity contribution in [2.24, 2.45) is 7.05 Å². The van der Waals surface area contributed by atoms with Crippen LogP contribution in [-0.4, -0.2) is 32.3 Å². The third-order valence-corrected chi connectivity index (χ3v) is 4.76. The predicted molar refractivity (Wildman–Crippen MR) is 81.5 cm³/mol. The van der Waals surface area contributed by atoms with E-state index in [4.69, 9.17) is 4.52 Å². The molecule has 6 nitrogen and oxygen atoms in total. The monoisotopic (exact) mass is 314 g/mol. The number of aryl methyl sites for hydroxylation is 1. The lowest BCUT2D eigenvalue weighted by atomic mass is 10.1. The maximum atomic E-state index is 12.7. The van der Waals surface area contributed by atoms with E-state index in [1.54, 1.807) is 27.2 Å². The van der Waals surface area contributed by atoms with Crippen molar-refractivity contribution in [2.75, 3.05) is 6.54 Å². The van der Waals surface area contributed by atoms with Crippen LogP contribution >= 0.6 is 11.3 Å². The largest absolute Gasteiger partial charge is 0.364 e. The molecule has 0 atom stereocenters. The summed E-state index contributed by atoms with van der Waals surface area (Å²) in [5.74, 6) is -0.0507. The molecule has 0 saturated heterocycles.